The van der Waals surface area contributed by atoms with Crippen molar-refractivity contribution in [2.45, 2.75) is 32.2 Å². The third kappa shape index (κ3) is 3.79. The minimum Gasteiger partial charge on any atom is -0.341 e. The summed E-state index contributed by atoms with van der Waals surface area (Å²) < 4.78 is 0.910. The van der Waals surface area contributed by atoms with Gasteiger partial charge in [-0.2, -0.15) is 0 Å². The van der Waals surface area contributed by atoms with E-state index < -0.39 is 6.04 Å². The van der Waals surface area contributed by atoms with Crippen LogP contribution in [0.5, 0.6) is 0 Å². The highest BCUT2D eigenvalue weighted by Gasteiger charge is 2.24. The summed E-state index contributed by atoms with van der Waals surface area (Å²) in [6.45, 7) is 3.37. The van der Waals surface area contributed by atoms with Crippen molar-refractivity contribution >= 4 is 39.1 Å². The molecule has 2 amide bonds. The third-order valence-corrected chi connectivity index (χ3v) is 4.81. The number of nitrogens with zero attached hydrogens (tertiary/aromatic N) is 1. The van der Waals surface area contributed by atoms with Gasteiger partial charge in [0, 0.05) is 13.1 Å². The first kappa shape index (κ1) is 14.5. The molecule has 19 heavy (non-hydrogen) atoms. The summed E-state index contributed by atoms with van der Waals surface area (Å²) in [5.74, 6) is -0.169. The lowest BCUT2D eigenvalue weighted by atomic mass is 10.1. The zero-order valence-electron chi connectivity index (χ0n) is 10.8. The summed E-state index contributed by atoms with van der Waals surface area (Å²) in [7, 11) is 0. The first-order valence-corrected chi connectivity index (χ1v) is 8.04. The second-order valence-electron chi connectivity index (χ2n) is 4.68. The summed E-state index contributed by atoms with van der Waals surface area (Å²) >= 11 is 4.69. The molecule has 1 aliphatic rings. The molecule has 0 aliphatic carbocycles. The Bertz CT molecular complexity index is 469. The highest BCUT2D eigenvalue weighted by atomic mass is 79.9. The van der Waals surface area contributed by atoms with E-state index >= 15 is 0 Å². The number of piperidine rings is 1. The Morgan fingerprint density at radius 2 is 2.00 bits per heavy atom. The summed E-state index contributed by atoms with van der Waals surface area (Å²) in [4.78, 5) is 26.6. The van der Waals surface area contributed by atoms with Crippen LogP contribution in [-0.4, -0.2) is 35.8 Å². The van der Waals surface area contributed by atoms with Gasteiger partial charge in [0.2, 0.25) is 5.91 Å². The van der Waals surface area contributed by atoms with E-state index in [9.17, 15) is 9.59 Å². The molecule has 1 unspecified atom stereocenters. The van der Waals surface area contributed by atoms with Gasteiger partial charge in [-0.3, -0.25) is 9.59 Å². The van der Waals surface area contributed by atoms with Crippen LogP contribution in [0.25, 0.3) is 0 Å². The van der Waals surface area contributed by atoms with Crippen molar-refractivity contribution in [3.8, 4) is 0 Å². The number of hydrogen-bond donors (Lipinski definition) is 1. The Morgan fingerprint density at radius 1 is 1.32 bits per heavy atom. The lowest BCUT2D eigenvalue weighted by molar-refractivity contribution is -0.133. The van der Waals surface area contributed by atoms with Crippen LogP contribution in [0.1, 0.15) is 35.9 Å². The molecule has 1 saturated heterocycles. The molecule has 1 aliphatic heterocycles. The molecule has 1 aromatic heterocycles. The van der Waals surface area contributed by atoms with Crippen molar-refractivity contribution in [2.75, 3.05) is 13.1 Å². The van der Waals surface area contributed by atoms with Crippen molar-refractivity contribution in [3.05, 3.63) is 20.8 Å². The molecule has 0 bridgehead atoms. The van der Waals surface area contributed by atoms with Gasteiger partial charge in [0.1, 0.15) is 6.04 Å². The van der Waals surface area contributed by atoms with Crippen LogP contribution >= 0.6 is 27.3 Å². The number of nitrogens with one attached hydrogen (secondary N) is 1. The second-order valence-corrected chi connectivity index (χ2v) is 7.15. The molecule has 0 saturated carbocycles. The molecular formula is C13H17BrN2O2S. The van der Waals surface area contributed by atoms with Gasteiger partial charge in [0.15, 0.2) is 0 Å². The molecule has 4 nitrogen and oxygen atoms in total. The molecule has 104 valence electrons. The molecule has 2 heterocycles. The Morgan fingerprint density at radius 3 is 2.58 bits per heavy atom. The predicted molar refractivity (Wildman–Crippen MR) is 79.4 cm³/mol. The average Bonchev–Trinajstić information content (AvgIpc) is 2.85. The van der Waals surface area contributed by atoms with Crippen LogP contribution in [0, 0.1) is 0 Å². The van der Waals surface area contributed by atoms with Gasteiger partial charge < -0.3 is 10.2 Å². The Hall–Kier alpha value is -0.880. The molecule has 2 rings (SSSR count). The van der Waals surface area contributed by atoms with Crippen LogP contribution in [0.15, 0.2) is 15.9 Å². The van der Waals surface area contributed by atoms with Gasteiger partial charge >= 0.3 is 0 Å². The minimum absolute atomic E-state index is 0.0173. The zero-order valence-corrected chi connectivity index (χ0v) is 13.2. The van der Waals surface area contributed by atoms with Crippen molar-refractivity contribution in [3.63, 3.8) is 0 Å². The van der Waals surface area contributed by atoms with Gasteiger partial charge in [-0.05, 0) is 54.2 Å². The van der Waals surface area contributed by atoms with Gasteiger partial charge in [0.25, 0.3) is 5.91 Å². The lowest BCUT2D eigenvalue weighted by Gasteiger charge is -2.29. The molecule has 1 N–H and O–H groups in total. The Balaban J connectivity index is 1.91. The number of rotatable bonds is 3. The molecule has 0 spiro atoms. The van der Waals surface area contributed by atoms with Crippen molar-refractivity contribution in [1.82, 2.24) is 10.2 Å². The fourth-order valence-electron chi connectivity index (χ4n) is 2.15. The molecule has 0 aromatic carbocycles. The van der Waals surface area contributed by atoms with Crippen LogP contribution in [0.4, 0.5) is 0 Å². The second kappa shape index (κ2) is 6.52. The normalized spacial score (nSPS) is 17.1. The average molecular weight is 345 g/mol. The van der Waals surface area contributed by atoms with E-state index in [-0.39, 0.29) is 11.8 Å². The SMILES string of the molecule is CC(NC(=O)c1ccc(Br)s1)C(=O)N1CCCCC1. The van der Waals surface area contributed by atoms with E-state index in [4.69, 9.17) is 0 Å². The van der Waals surface area contributed by atoms with Crippen LogP contribution in [0.3, 0.4) is 0 Å². The maximum absolute atomic E-state index is 12.2. The number of hydrogen-bond acceptors (Lipinski definition) is 3. The van der Waals surface area contributed by atoms with Gasteiger partial charge in [-0.25, -0.2) is 0 Å². The van der Waals surface area contributed by atoms with Crippen LogP contribution in [0.2, 0.25) is 0 Å². The Labute approximate surface area is 125 Å². The van der Waals surface area contributed by atoms with E-state index in [1.165, 1.54) is 17.8 Å². The fraction of sp³-hybridized carbons (Fsp3) is 0.538. The summed E-state index contributed by atoms with van der Waals surface area (Å²) in [5.41, 5.74) is 0. The number of likely N-dealkylation sites (tertiary alicyclic amines) is 1. The first-order chi connectivity index (χ1) is 9.08. The van der Waals surface area contributed by atoms with Crippen molar-refractivity contribution in [1.29, 1.82) is 0 Å². The van der Waals surface area contributed by atoms with E-state index in [0.29, 0.717) is 4.88 Å². The number of halogens is 1. The van der Waals surface area contributed by atoms with Crippen molar-refractivity contribution in [2.24, 2.45) is 0 Å². The number of amides is 2. The molecular weight excluding hydrogens is 328 g/mol. The number of thiophene rings is 1. The van der Waals surface area contributed by atoms with Gasteiger partial charge in [-0.1, -0.05) is 0 Å². The van der Waals surface area contributed by atoms with Crippen molar-refractivity contribution < 1.29 is 9.59 Å². The predicted octanol–water partition coefficient (Wildman–Crippen LogP) is 2.64. The standard InChI is InChI=1S/C13H17BrN2O2S/c1-9(13(18)16-7-3-2-4-8-16)15-12(17)10-5-6-11(14)19-10/h5-6,9H,2-4,7-8H2,1H3,(H,15,17). The monoisotopic (exact) mass is 344 g/mol. The lowest BCUT2D eigenvalue weighted by Crippen LogP contribution is -2.48. The topological polar surface area (TPSA) is 49.4 Å². The van der Waals surface area contributed by atoms with Gasteiger partial charge in [0.05, 0.1) is 8.66 Å². The summed E-state index contributed by atoms with van der Waals surface area (Å²) in [5, 5.41) is 2.77. The maximum atomic E-state index is 12.2. The fourth-order valence-corrected chi connectivity index (χ4v) is 3.44. The largest absolute Gasteiger partial charge is 0.341 e. The quantitative estimate of drug-likeness (QED) is 0.916. The highest BCUT2D eigenvalue weighted by molar-refractivity contribution is 9.11. The molecule has 0 radical (unpaired) electrons. The van der Waals surface area contributed by atoms with E-state index in [0.717, 1.165) is 29.7 Å². The Kier molecular flexibility index (Phi) is 4.99. The highest BCUT2D eigenvalue weighted by Crippen LogP contribution is 2.22. The van der Waals surface area contributed by atoms with Crippen LogP contribution in [-0.2, 0) is 4.79 Å². The number of carbonyl (C=O) groups excluding carboxylic acids is 2. The minimum atomic E-state index is -0.466. The maximum Gasteiger partial charge on any atom is 0.262 e. The summed E-state index contributed by atoms with van der Waals surface area (Å²) in [6, 6.07) is 3.12. The molecule has 1 fully saturated rings. The molecule has 6 heteroatoms. The number of carbonyl (C=O) groups is 2. The van der Waals surface area contributed by atoms with Crippen LogP contribution < -0.4 is 5.32 Å². The van der Waals surface area contributed by atoms with Gasteiger partial charge in [-0.15, -0.1) is 11.3 Å². The zero-order chi connectivity index (χ0) is 13.8. The third-order valence-electron chi connectivity index (χ3n) is 3.18. The van der Waals surface area contributed by atoms with E-state index in [2.05, 4.69) is 21.2 Å². The van der Waals surface area contributed by atoms with E-state index in [1.54, 1.807) is 13.0 Å². The molecule has 1 aromatic rings. The molecule has 1 atom stereocenters. The summed E-state index contributed by atoms with van der Waals surface area (Å²) in [6.07, 6.45) is 3.31. The first-order valence-electron chi connectivity index (χ1n) is 6.43. The van der Waals surface area contributed by atoms with E-state index in [1.807, 2.05) is 11.0 Å². The smallest absolute Gasteiger partial charge is 0.262 e.